The van der Waals surface area contributed by atoms with Crippen molar-refractivity contribution >= 4 is 5.95 Å². The fourth-order valence-electron chi connectivity index (χ4n) is 4.03. The molecular formula is C23H27FN6O3. The lowest BCUT2D eigenvalue weighted by Crippen LogP contribution is -2.35. The Hall–Kier alpha value is -2.92. The third-order valence-electron chi connectivity index (χ3n) is 5.87. The van der Waals surface area contributed by atoms with Crippen LogP contribution in [0.3, 0.4) is 0 Å². The zero-order valence-corrected chi connectivity index (χ0v) is 18.1. The summed E-state index contributed by atoms with van der Waals surface area (Å²) in [6.45, 7) is 2.69. The first-order chi connectivity index (χ1) is 16.2. The van der Waals surface area contributed by atoms with Crippen molar-refractivity contribution in [2.45, 2.75) is 25.2 Å². The maximum Gasteiger partial charge on any atom is 0.223 e. The van der Waals surface area contributed by atoms with Crippen LogP contribution in [0.25, 0.3) is 22.6 Å². The Morgan fingerprint density at radius 1 is 1.06 bits per heavy atom. The van der Waals surface area contributed by atoms with Gasteiger partial charge in [0.1, 0.15) is 5.82 Å². The van der Waals surface area contributed by atoms with Crippen LogP contribution in [0.2, 0.25) is 0 Å². The number of benzene rings is 1. The number of aromatic amines is 1. The predicted octanol–water partition coefficient (Wildman–Crippen LogP) is 2.49. The normalized spacial score (nSPS) is 21.8. The number of halogens is 1. The molecule has 0 amide bonds. The molecule has 2 aliphatic rings. The summed E-state index contributed by atoms with van der Waals surface area (Å²) in [6, 6.07) is 8.28. The molecule has 9 nitrogen and oxygen atoms in total. The highest BCUT2D eigenvalue weighted by atomic mass is 19.1. The number of anilines is 1. The molecule has 1 aromatic carbocycles. The van der Waals surface area contributed by atoms with Gasteiger partial charge < -0.3 is 30.2 Å². The van der Waals surface area contributed by atoms with Gasteiger partial charge in [-0.15, -0.1) is 0 Å². The second-order valence-corrected chi connectivity index (χ2v) is 8.33. The number of piperidine rings is 1. The lowest BCUT2D eigenvalue weighted by Gasteiger charge is -2.26. The summed E-state index contributed by atoms with van der Waals surface area (Å²) < 4.78 is 25.1. The van der Waals surface area contributed by atoms with E-state index in [9.17, 15) is 9.50 Å². The Balaban J connectivity index is 1.47. The number of hydrogen-bond donors (Lipinski definition) is 4. The van der Waals surface area contributed by atoms with Crippen LogP contribution in [-0.4, -0.2) is 64.0 Å². The van der Waals surface area contributed by atoms with Gasteiger partial charge in [-0.3, -0.25) is 0 Å². The molecule has 2 aliphatic heterocycles. The summed E-state index contributed by atoms with van der Waals surface area (Å²) in [6.07, 6.45) is 3.04. The Labute approximate surface area is 190 Å². The topological polar surface area (TPSA) is 117 Å². The monoisotopic (exact) mass is 454 g/mol. The molecule has 0 radical (unpaired) electrons. The van der Waals surface area contributed by atoms with E-state index >= 15 is 0 Å². The summed E-state index contributed by atoms with van der Waals surface area (Å²) in [5, 5.41) is 16.1. The van der Waals surface area contributed by atoms with E-state index in [2.05, 4.69) is 20.6 Å². The van der Waals surface area contributed by atoms with Crippen LogP contribution in [0.15, 0.2) is 36.5 Å². The molecule has 4 N–H and O–H groups in total. The van der Waals surface area contributed by atoms with Gasteiger partial charge in [0, 0.05) is 23.7 Å². The van der Waals surface area contributed by atoms with E-state index < -0.39 is 6.29 Å². The molecule has 0 bridgehead atoms. The standard InChI is InChI=1S/C23H27FN6O3/c24-16-3-1-15(2-4-16)19-20(30-21(29-19)22-32-12-14(11-31)13-33-22)18-7-10-26-23(28-18)27-17-5-8-25-9-6-17/h1-4,7,10,14,17,22,25,31H,5-6,8-9,11-13H2,(H,29,30)(H,26,27,28). The minimum atomic E-state index is -0.685. The molecule has 0 spiro atoms. The zero-order chi connectivity index (χ0) is 22.6. The molecule has 0 aliphatic carbocycles. The van der Waals surface area contributed by atoms with E-state index in [0.717, 1.165) is 31.5 Å². The Kier molecular flexibility index (Phi) is 6.58. The number of imidazole rings is 1. The van der Waals surface area contributed by atoms with Crippen LogP contribution in [-0.2, 0) is 9.47 Å². The maximum atomic E-state index is 13.5. The maximum absolute atomic E-state index is 13.5. The highest BCUT2D eigenvalue weighted by Gasteiger charge is 2.28. The van der Waals surface area contributed by atoms with Crippen LogP contribution in [0, 0.1) is 11.7 Å². The van der Waals surface area contributed by atoms with E-state index in [0.29, 0.717) is 48.1 Å². The second-order valence-electron chi connectivity index (χ2n) is 8.33. The van der Waals surface area contributed by atoms with Crippen molar-refractivity contribution in [1.29, 1.82) is 0 Å². The van der Waals surface area contributed by atoms with E-state index in [1.165, 1.54) is 12.1 Å². The van der Waals surface area contributed by atoms with E-state index in [1.54, 1.807) is 18.3 Å². The molecule has 33 heavy (non-hydrogen) atoms. The number of nitrogens with one attached hydrogen (secondary N) is 3. The van der Waals surface area contributed by atoms with Crippen molar-refractivity contribution in [3.63, 3.8) is 0 Å². The summed E-state index contributed by atoms with van der Waals surface area (Å²) >= 11 is 0. The molecule has 0 unspecified atom stereocenters. The van der Waals surface area contributed by atoms with E-state index in [1.807, 2.05) is 6.07 Å². The number of aromatic nitrogens is 4. The fraction of sp³-hybridized carbons (Fsp3) is 0.435. The van der Waals surface area contributed by atoms with Crippen molar-refractivity contribution in [2.24, 2.45) is 5.92 Å². The van der Waals surface area contributed by atoms with Gasteiger partial charge in [-0.25, -0.2) is 19.3 Å². The van der Waals surface area contributed by atoms with Crippen molar-refractivity contribution in [2.75, 3.05) is 38.2 Å². The quantitative estimate of drug-likeness (QED) is 0.449. The molecule has 2 saturated heterocycles. The number of aliphatic hydroxyl groups excluding tert-OH is 1. The van der Waals surface area contributed by atoms with Crippen molar-refractivity contribution in [3.8, 4) is 22.6 Å². The van der Waals surface area contributed by atoms with Crippen molar-refractivity contribution in [3.05, 3.63) is 48.2 Å². The summed E-state index contributed by atoms with van der Waals surface area (Å²) in [5.74, 6) is 0.669. The Morgan fingerprint density at radius 3 is 2.55 bits per heavy atom. The summed E-state index contributed by atoms with van der Waals surface area (Å²) in [4.78, 5) is 17.1. The van der Waals surface area contributed by atoms with E-state index in [4.69, 9.17) is 19.4 Å². The predicted molar refractivity (Wildman–Crippen MR) is 120 cm³/mol. The van der Waals surface area contributed by atoms with Crippen molar-refractivity contribution < 1.29 is 19.0 Å². The first-order valence-corrected chi connectivity index (χ1v) is 11.2. The average molecular weight is 455 g/mol. The zero-order valence-electron chi connectivity index (χ0n) is 18.1. The molecule has 3 aromatic rings. The first kappa shape index (κ1) is 21.9. The summed E-state index contributed by atoms with van der Waals surface area (Å²) in [7, 11) is 0. The Morgan fingerprint density at radius 2 is 1.82 bits per heavy atom. The lowest BCUT2D eigenvalue weighted by molar-refractivity contribution is -0.213. The molecule has 5 rings (SSSR count). The van der Waals surface area contributed by atoms with Gasteiger partial charge in [-0.1, -0.05) is 0 Å². The van der Waals surface area contributed by atoms with Crippen LogP contribution >= 0.6 is 0 Å². The molecule has 10 heteroatoms. The van der Waals surface area contributed by atoms with Crippen LogP contribution in [0.1, 0.15) is 25.0 Å². The van der Waals surface area contributed by atoms with Gasteiger partial charge >= 0.3 is 0 Å². The number of hydrogen-bond acceptors (Lipinski definition) is 8. The molecule has 2 fully saturated rings. The molecule has 4 heterocycles. The Bertz CT molecular complexity index is 1060. The third-order valence-corrected chi connectivity index (χ3v) is 5.87. The first-order valence-electron chi connectivity index (χ1n) is 11.2. The third kappa shape index (κ3) is 5.03. The number of H-pyrrole nitrogens is 1. The highest BCUT2D eigenvalue weighted by molar-refractivity contribution is 5.77. The SMILES string of the molecule is OCC1COC(c2nc(-c3ccc(F)cc3)c(-c3ccnc(NC4CCNCC4)n3)[nH]2)OC1. The van der Waals surface area contributed by atoms with Crippen molar-refractivity contribution in [1.82, 2.24) is 25.3 Å². The molecule has 0 saturated carbocycles. The largest absolute Gasteiger partial charge is 0.396 e. The number of rotatable bonds is 6. The minimum absolute atomic E-state index is 0.00469. The van der Waals surface area contributed by atoms with Gasteiger partial charge in [0.15, 0.2) is 5.82 Å². The summed E-state index contributed by atoms with van der Waals surface area (Å²) in [5.41, 5.74) is 2.69. The highest BCUT2D eigenvalue weighted by Crippen LogP contribution is 2.33. The second kappa shape index (κ2) is 9.92. The van der Waals surface area contributed by atoms with Gasteiger partial charge in [0.2, 0.25) is 12.2 Å². The van der Waals surface area contributed by atoms with E-state index in [-0.39, 0.29) is 18.3 Å². The average Bonchev–Trinajstić information content (AvgIpc) is 3.31. The molecular weight excluding hydrogens is 427 g/mol. The molecule has 0 atom stereocenters. The molecule has 174 valence electrons. The van der Waals surface area contributed by atoms with Gasteiger partial charge in [-0.2, -0.15) is 0 Å². The number of aliphatic hydroxyl groups is 1. The van der Waals surface area contributed by atoms with Crippen LogP contribution in [0.4, 0.5) is 10.3 Å². The van der Waals surface area contributed by atoms with Crippen LogP contribution in [0.5, 0.6) is 0 Å². The van der Waals surface area contributed by atoms with Gasteiger partial charge in [-0.05, 0) is 56.3 Å². The molecule has 2 aromatic heterocycles. The lowest BCUT2D eigenvalue weighted by atomic mass is 10.1. The smallest absolute Gasteiger partial charge is 0.223 e. The number of ether oxygens (including phenoxy) is 2. The minimum Gasteiger partial charge on any atom is -0.396 e. The fourth-order valence-corrected chi connectivity index (χ4v) is 4.03. The van der Waals surface area contributed by atoms with Gasteiger partial charge in [0.25, 0.3) is 0 Å². The number of nitrogens with zero attached hydrogens (tertiary/aromatic N) is 3. The van der Waals surface area contributed by atoms with Crippen LogP contribution < -0.4 is 10.6 Å². The van der Waals surface area contributed by atoms with Gasteiger partial charge in [0.05, 0.1) is 36.9 Å².